The Morgan fingerprint density at radius 2 is 1.90 bits per heavy atom. The van der Waals surface area contributed by atoms with Gasteiger partial charge in [-0.25, -0.2) is 14.8 Å². The fourth-order valence-electron chi connectivity index (χ4n) is 2.45. The van der Waals surface area contributed by atoms with Gasteiger partial charge in [0.2, 0.25) is 5.91 Å². The molecule has 1 amide bonds. The summed E-state index contributed by atoms with van der Waals surface area (Å²) in [7, 11) is 2.75. The number of hydrogen-bond donors (Lipinski definition) is 0. The number of carbonyl (C=O) groups is 4. The SMILES string of the molecule is CCOC(=O)Cn1cnc(/N=C2/SC(CC(=O)OC)C(=O)N2C)c1C(=O)OCC. The number of imidazole rings is 1. The van der Waals surface area contributed by atoms with Crippen molar-refractivity contribution in [2.24, 2.45) is 4.99 Å². The van der Waals surface area contributed by atoms with Gasteiger partial charge in [0.1, 0.15) is 11.8 Å². The fraction of sp³-hybridized carbons (Fsp3) is 0.529. The number of aromatic nitrogens is 2. The molecule has 0 aromatic carbocycles. The lowest BCUT2D eigenvalue weighted by molar-refractivity contribution is -0.144. The van der Waals surface area contributed by atoms with Gasteiger partial charge in [0.25, 0.3) is 0 Å². The monoisotopic (exact) mass is 426 g/mol. The molecule has 1 unspecified atom stereocenters. The van der Waals surface area contributed by atoms with E-state index in [1.54, 1.807) is 13.8 Å². The highest BCUT2D eigenvalue weighted by Crippen LogP contribution is 2.31. The van der Waals surface area contributed by atoms with Crippen LogP contribution in [0.2, 0.25) is 0 Å². The topological polar surface area (TPSA) is 129 Å². The highest BCUT2D eigenvalue weighted by atomic mass is 32.2. The second-order valence-corrected chi connectivity index (χ2v) is 6.92. The van der Waals surface area contributed by atoms with E-state index in [0.29, 0.717) is 0 Å². The van der Waals surface area contributed by atoms with E-state index >= 15 is 0 Å². The standard InChI is InChI=1S/C17H22N4O7S/c1-5-27-12(23)8-21-9-18-14(13(21)16(25)28-6-2)19-17-20(3)15(24)10(29-17)7-11(22)26-4/h9-10H,5-8H2,1-4H3/b19-17+. The minimum Gasteiger partial charge on any atom is -0.469 e. The summed E-state index contributed by atoms with van der Waals surface area (Å²) >= 11 is 1.06. The molecule has 2 rings (SSSR count). The third-order valence-corrected chi connectivity index (χ3v) is 5.04. The lowest BCUT2D eigenvalue weighted by atomic mass is 10.3. The number of ether oxygens (including phenoxy) is 3. The zero-order valence-corrected chi connectivity index (χ0v) is 17.4. The van der Waals surface area contributed by atoms with Crippen LogP contribution in [0.25, 0.3) is 0 Å². The molecule has 1 aliphatic heterocycles. The highest BCUT2D eigenvalue weighted by Gasteiger charge is 2.38. The van der Waals surface area contributed by atoms with Crippen LogP contribution in [0.1, 0.15) is 30.8 Å². The van der Waals surface area contributed by atoms with Gasteiger partial charge in [0, 0.05) is 7.05 Å². The Morgan fingerprint density at radius 1 is 1.21 bits per heavy atom. The van der Waals surface area contributed by atoms with E-state index in [0.717, 1.165) is 11.8 Å². The summed E-state index contributed by atoms with van der Waals surface area (Å²) < 4.78 is 15.8. The zero-order chi connectivity index (χ0) is 21.6. The normalized spacial score (nSPS) is 17.5. The quantitative estimate of drug-likeness (QED) is 0.436. The number of aliphatic imine (C=N–C) groups is 1. The molecule has 0 radical (unpaired) electrons. The minimum absolute atomic E-state index is 0.00591. The van der Waals surface area contributed by atoms with Crippen molar-refractivity contribution in [1.29, 1.82) is 0 Å². The predicted octanol–water partition coefficient (Wildman–Crippen LogP) is 0.747. The first-order valence-electron chi connectivity index (χ1n) is 8.79. The number of methoxy groups -OCH3 is 1. The maximum atomic E-state index is 12.4. The van der Waals surface area contributed by atoms with Gasteiger partial charge in [-0.05, 0) is 13.8 Å². The summed E-state index contributed by atoms with van der Waals surface area (Å²) in [4.78, 5) is 57.7. The van der Waals surface area contributed by atoms with Crippen molar-refractivity contribution in [2.75, 3.05) is 27.4 Å². The van der Waals surface area contributed by atoms with Crippen LogP contribution in [0.4, 0.5) is 5.82 Å². The number of rotatable bonds is 8. The lowest BCUT2D eigenvalue weighted by Gasteiger charge is -2.09. The molecular formula is C17H22N4O7S. The Balaban J connectivity index is 2.34. The van der Waals surface area contributed by atoms with Gasteiger partial charge in [-0.15, -0.1) is 0 Å². The molecular weight excluding hydrogens is 404 g/mol. The number of amides is 1. The average molecular weight is 426 g/mol. The van der Waals surface area contributed by atoms with E-state index in [4.69, 9.17) is 9.47 Å². The summed E-state index contributed by atoms with van der Waals surface area (Å²) in [5, 5.41) is -0.422. The van der Waals surface area contributed by atoms with Crippen molar-refractivity contribution < 1.29 is 33.4 Å². The maximum absolute atomic E-state index is 12.4. The Bertz CT molecular complexity index is 836. The highest BCUT2D eigenvalue weighted by molar-refractivity contribution is 8.15. The number of hydrogen-bond acceptors (Lipinski definition) is 10. The summed E-state index contributed by atoms with van der Waals surface area (Å²) in [6, 6.07) is 0. The summed E-state index contributed by atoms with van der Waals surface area (Å²) in [6.07, 6.45) is 1.17. The van der Waals surface area contributed by atoms with Crippen LogP contribution in [-0.2, 0) is 35.1 Å². The third-order valence-electron chi connectivity index (χ3n) is 3.81. The molecule has 12 heteroatoms. The van der Waals surface area contributed by atoms with Crippen LogP contribution in [-0.4, -0.2) is 76.1 Å². The van der Waals surface area contributed by atoms with Gasteiger partial charge in [0.05, 0.1) is 33.1 Å². The maximum Gasteiger partial charge on any atom is 0.358 e. The number of carbonyl (C=O) groups excluding carboxylic acids is 4. The molecule has 1 aromatic heterocycles. The average Bonchev–Trinajstić information content (AvgIpc) is 3.18. The minimum atomic E-state index is -0.711. The van der Waals surface area contributed by atoms with Gasteiger partial charge in [-0.2, -0.15) is 0 Å². The van der Waals surface area contributed by atoms with Crippen LogP contribution in [0.3, 0.4) is 0 Å². The van der Waals surface area contributed by atoms with Gasteiger partial charge in [-0.3, -0.25) is 19.3 Å². The van der Waals surface area contributed by atoms with Crippen LogP contribution in [0.5, 0.6) is 0 Å². The van der Waals surface area contributed by atoms with Crippen LogP contribution >= 0.6 is 11.8 Å². The molecule has 1 aliphatic rings. The van der Waals surface area contributed by atoms with E-state index in [2.05, 4.69) is 14.7 Å². The molecule has 11 nitrogen and oxygen atoms in total. The molecule has 0 aliphatic carbocycles. The number of amidine groups is 1. The number of thioether (sulfide) groups is 1. The van der Waals surface area contributed by atoms with Crippen LogP contribution in [0, 0.1) is 0 Å². The van der Waals surface area contributed by atoms with Crippen molar-refractivity contribution in [1.82, 2.24) is 14.5 Å². The second-order valence-electron chi connectivity index (χ2n) is 5.75. The van der Waals surface area contributed by atoms with Gasteiger partial charge < -0.3 is 18.8 Å². The number of nitrogens with zero attached hydrogens (tertiary/aromatic N) is 4. The van der Waals surface area contributed by atoms with Crippen molar-refractivity contribution in [3.63, 3.8) is 0 Å². The molecule has 1 aromatic rings. The molecule has 1 fully saturated rings. The lowest BCUT2D eigenvalue weighted by Crippen LogP contribution is -2.29. The van der Waals surface area contributed by atoms with Crippen molar-refractivity contribution in [3.05, 3.63) is 12.0 Å². The molecule has 1 atom stereocenters. The molecule has 29 heavy (non-hydrogen) atoms. The Labute approximate surface area is 171 Å². The number of esters is 3. The third kappa shape index (κ3) is 5.34. The molecule has 2 heterocycles. The Hall–Kier alpha value is -2.89. The van der Waals surface area contributed by atoms with E-state index in [9.17, 15) is 19.2 Å². The van der Waals surface area contributed by atoms with Gasteiger partial charge in [-0.1, -0.05) is 11.8 Å². The first kappa shape index (κ1) is 22.4. The summed E-state index contributed by atoms with van der Waals surface area (Å²) in [5.41, 5.74) is -0.0368. The van der Waals surface area contributed by atoms with Crippen LogP contribution < -0.4 is 0 Å². The zero-order valence-electron chi connectivity index (χ0n) is 16.5. The summed E-state index contributed by atoms with van der Waals surface area (Å²) in [5.74, 6) is -2.10. The molecule has 0 spiro atoms. The van der Waals surface area contributed by atoms with E-state index < -0.39 is 23.2 Å². The van der Waals surface area contributed by atoms with E-state index in [1.807, 2.05) is 0 Å². The van der Waals surface area contributed by atoms with E-state index in [1.165, 1.54) is 30.0 Å². The Morgan fingerprint density at radius 3 is 2.52 bits per heavy atom. The molecule has 0 saturated carbocycles. The van der Waals surface area contributed by atoms with Crippen LogP contribution in [0.15, 0.2) is 11.3 Å². The first-order chi connectivity index (χ1) is 13.8. The second kappa shape index (κ2) is 10.0. The predicted molar refractivity (Wildman–Crippen MR) is 103 cm³/mol. The molecule has 1 saturated heterocycles. The smallest absolute Gasteiger partial charge is 0.358 e. The summed E-state index contributed by atoms with van der Waals surface area (Å²) in [6.45, 7) is 3.39. The molecule has 158 valence electrons. The largest absolute Gasteiger partial charge is 0.469 e. The van der Waals surface area contributed by atoms with Crippen molar-refractivity contribution in [3.8, 4) is 0 Å². The molecule has 0 bridgehead atoms. The van der Waals surface area contributed by atoms with Crippen molar-refractivity contribution in [2.45, 2.75) is 32.1 Å². The van der Waals surface area contributed by atoms with Gasteiger partial charge >= 0.3 is 17.9 Å². The van der Waals surface area contributed by atoms with Crippen molar-refractivity contribution >= 4 is 46.6 Å². The first-order valence-corrected chi connectivity index (χ1v) is 9.67. The molecule has 0 N–H and O–H groups in total. The fourth-order valence-corrected chi connectivity index (χ4v) is 3.57. The Kier molecular flexibility index (Phi) is 7.76. The van der Waals surface area contributed by atoms with Gasteiger partial charge in [0.15, 0.2) is 16.7 Å². The van der Waals surface area contributed by atoms with E-state index in [-0.39, 0.29) is 48.8 Å².